The minimum absolute atomic E-state index is 0.119. The maximum Gasteiger partial charge on any atom is 0.313 e. The second kappa shape index (κ2) is 7.54. The Morgan fingerprint density at radius 3 is 2.63 bits per heavy atom. The number of nitro groups is 1. The summed E-state index contributed by atoms with van der Waals surface area (Å²) in [7, 11) is 0. The van der Waals surface area contributed by atoms with Crippen LogP contribution in [-0.4, -0.2) is 34.0 Å². The SMILES string of the molecule is CC1(C(=O)O)CCN(Cc2ccc(Oc3ccc(Cl)cc3[N+](=O)[O-])cc2)C1. The first-order valence-corrected chi connectivity index (χ1v) is 8.81. The summed E-state index contributed by atoms with van der Waals surface area (Å²) in [6, 6.07) is 11.5. The van der Waals surface area contributed by atoms with Gasteiger partial charge >= 0.3 is 11.7 Å². The molecule has 27 heavy (non-hydrogen) atoms. The van der Waals surface area contributed by atoms with Gasteiger partial charge in [-0.15, -0.1) is 0 Å². The van der Waals surface area contributed by atoms with Gasteiger partial charge in [0, 0.05) is 24.2 Å². The average Bonchev–Trinajstić information content (AvgIpc) is 3.00. The van der Waals surface area contributed by atoms with Gasteiger partial charge < -0.3 is 9.84 Å². The Morgan fingerprint density at radius 2 is 2.04 bits per heavy atom. The minimum Gasteiger partial charge on any atom is -0.481 e. The van der Waals surface area contributed by atoms with Gasteiger partial charge in [0.05, 0.1) is 10.3 Å². The molecule has 1 aliphatic rings. The number of carboxylic acids is 1. The van der Waals surface area contributed by atoms with E-state index in [1.54, 1.807) is 19.1 Å². The highest BCUT2D eigenvalue weighted by Crippen LogP contribution is 2.34. The third-order valence-corrected chi connectivity index (χ3v) is 4.98. The maximum atomic E-state index is 11.3. The molecule has 2 aromatic carbocycles. The molecule has 0 bridgehead atoms. The molecule has 2 aromatic rings. The second-order valence-corrected chi connectivity index (χ2v) is 7.38. The first-order valence-electron chi connectivity index (χ1n) is 8.43. The van der Waals surface area contributed by atoms with Crippen molar-refractivity contribution >= 4 is 23.3 Å². The van der Waals surface area contributed by atoms with Gasteiger partial charge in [-0.25, -0.2) is 0 Å². The molecule has 7 nitrogen and oxygen atoms in total. The Morgan fingerprint density at radius 1 is 1.33 bits per heavy atom. The van der Waals surface area contributed by atoms with E-state index >= 15 is 0 Å². The van der Waals surface area contributed by atoms with Crippen molar-refractivity contribution in [1.29, 1.82) is 0 Å². The molecular weight excluding hydrogens is 372 g/mol. The van der Waals surface area contributed by atoms with Crippen LogP contribution in [-0.2, 0) is 11.3 Å². The van der Waals surface area contributed by atoms with Crippen molar-refractivity contribution in [1.82, 2.24) is 4.90 Å². The van der Waals surface area contributed by atoms with Gasteiger partial charge in [0.2, 0.25) is 5.75 Å². The Bertz CT molecular complexity index is 871. The lowest BCUT2D eigenvalue weighted by molar-refractivity contribution is -0.385. The number of carboxylic acid groups (broad SMARTS) is 1. The molecule has 1 atom stereocenters. The number of likely N-dealkylation sites (tertiary alicyclic amines) is 1. The fraction of sp³-hybridized carbons (Fsp3) is 0.316. The molecule has 1 heterocycles. The number of halogens is 1. The van der Waals surface area contributed by atoms with E-state index in [1.807, 2.05) is 12.1 Å². The van der Waals surface area contributed by atoms with E-state index in [-0.39, 0.29) is 16.5 Å². The standard InChI is InChI=1S/C19H19ClN2O5/c1-19(18(23)24)8-9-21(12-19)11-13-2-5-15(6-3-13)27-17-7-4-14(20)10-16(17)22(25)26/h2-7,10H,8-9,11-12H2,1H3,(H,23,24). The van der Waals surface area contributed by atoms with Gasteiger partial charge in [-0.05, 0) is 49.7 Å². The van der Waals surface area contributed by atoms with Crippen LogP contribution in [0.3, 0.4) is 0 Å². The van der Waals surface area contributed by atoms with Crippen LogP contribution in [0.25, 0.3) is 0 Å². The molecule has 0 aliphatic carbocycles. The largest absolute Gasteiger partial charge is 0.481 e. The van der Waals surface area contributed by atoms with Crippen molar-refractivity contribution in [2.75, 3.05) is 13.1 Å². The number of rotatable bonds is 6. The molecule has 1 fully saturated rings. The van der Waals surface area contributed by atoms with E-state index < -0.39 is 16.3 Å². The molecule has 1 N–H and O–H groups in total. The van der Waals surface area contributed by atoms with Crippen molar-refractivity contribution in [3.63, 3.8) is 0 Å². The van der Waals surface area contributed by atoms with Crippen LogP contribution < -0.4 is 4.74 Å². The number of ether oxygens (including phenoxy) is 1. The average molecular weight is 391 g/mol. The van der Waals surface area contributed by atoms with Crippen molar-refractivity contribution in [2.45, 2.75) is 19.9 Å². The molecule has 3 rings (SSSR count). The van der Waals surface area contributed by atoms with Crippen molar-refractivity contribution in [2.24, 2.45) is 5.41 Å². The number of hydrogen-bond acceptors (Lipinski definition) is 5. The van der Waals surface area contributed by atoms with Crippen LogP contribution >= 0.6 is 11.6 Å². The van der Waals surface area contributed by atoms with E-state index in [2.05, 4.69) is 4.90 Å². The highest BCUT2D eigenvalue weighted by Gasteiger charge is 2.40. The number of aliphatic carboxylic acids is 1. The van der Waals surface area contributed by atoms with E-state index in [0.29, 0.717) is 25.3 Å². The predicted molar refractivity (Wildman–Crippen MR) is 100 cm³/mol. The Hall–Kier alpha value is -2.64. The van der Waals surface area contributed by atoms with Crippen molar-refractivity contribution in [3.05, 3.63) is 63.2 Å². The van der Waals surface area contributed by atoms with Gasteiger partial charge in [-0.3, -0.25) is 19.8 Å². The zero-order valence-electron chi connectivity index (χ0n) is 14.7. The van der Waals surface area contributed by atoms with Crippen LogP contribution in [0.4, 0.5) is 5.69 Å². The summed E-state index contributed by atoms with van der Waals surface area (Å²) in [4.78, 5) is 24.0. The summed E-state index contributed by atoms with van der Waals surface area (Å²) in [5, 5.41) is 20.7. The number of hydrogen-bond donors (Lipinski definition) is 1. The molecule has 1 unspecified atom stereocenters. The lowest BCUT2D eigenvalue weighted by atomic mass is 9.90. The number of nitrogens with zero attached hydrogens (tertiary/aromatic N) is 2. The number of carbonyl (C=O) groups is 1. The van der Waals surface area contributed by atoms with Gasteiger partial charge in [0.1, 0.15) is 5.75 Å². The van der Waals surface area contributed by atoms with E-state index in [1.165, 1.54) is 18.2 Å². The third-order valence-electron chi connectivity index (χ3n) is 4.74. The molecular formula is C19H19ClN2O5. The van der Waals surface area contributed by atoms with Crippen LogP contribution in [0.1, 0.15) is 18.9 Å². The Labute approximate surface area is 161 Å². The van der Waals surface area contributed by atoms with Crippen LogP contribution in [0.15, 0.2) is 42.5 Å². The molecule has 0 spiro atoms. The summed E-state index contributed by atoms with van der Waals surface area (Å²) in [6.45, 7) is 3.66. The van der Waals surface area contributed by atoms with E-state index in [4.69, 9.17) is 16.3 Å². The summed E-state index contributed by atoms with van der Waals surface area (Å²) >= 11 is 5.80. The maximum absolute atomic E-state index is 11.3. The minimum atomic E-state index is -0.765. The first kappa shape index (κ1) is 19.1. The Balaban J connectivity index is 1.67. The molecule has 142 valence electrons. The highest BCUT2D eigenvalue weighted by atomic mass is 35.5. The van der Waals surface area contributed by atoms with Crippen LogP contribution in [0, 0.1) is 15.5 Å². The molecule has 0 saturated carbocycles. The van der Waals surface area contributed by atoms with E-state index in [9.17, 15) is 20.0 Å². The lowest BCUT2D eigenvalue weighted by Crippen LogP contribution is -2.31. The Kier molecular flexibility index (Phi) is 5.34. The predicted octanol–water partition coefficient (Wildman–Crippen LogP) is 4.34. The normalized spacial score (nSPS) is 19.8. The smallest absolute Gasteiger partial charge is 0.313 e. The monoisotopic (exact) mass is 390 g/mol. The molecule has 1 aliphatic heterocycles. The fourth-order valence-electron chi connectivity index (χ4n) is 3.13. The van der Waals surface area contributed by atoms with Gasteiger partial charge in [-0.2, -0.15) is 0 Å². The second-order valence-electron chi connectivity index (χ2n) is 6.94. The summed E-state index contributed by atoms with van der Waals surface area (Å²) in [6.07, 6.45) is 0.629. The zero-order valence-corrected chi connectivity index (χ0v) is 15.5. The molecule has 0 amide bonds. The summed E-state index contributed by atoms with van der Waals surface area (Å²) in [5.41, 5.74) is 0.121. The van der Waals surface area contributed by atoms with Crippen molar-refractivity contribution < 1.29 is 19.6 Å². The number of nitro benzene ring substituents is 1. The quantitative estimate of drug-likeness (QED) is 0.582. The summed E-state index contributed by atoms with van der Waals surface area (Å²) in [5.74, 6) is -0.173. The topological polar surface area (TPSA) is 92.9 Å². The molecule has 1 saturated heterocycles. The summed E-state index contributed by atoms with van der Waals surface area (Å²) < 4.78 is 5.62. The van der Waals surface area contributed by atoms with Gasteiger partial charge in [0.25, 0.3) is 0 Å². The van der Waals surface area contributed by atoms with Crippen LogP contribution in [0.5, 0.6) is 11.5 Å². The number of benzene rings is 2. The fourth-order valence-corrected chi connectivity index (χ4v) is 3.30. The van der Waals surface area contributed by atoms with Crippen molar-refractivity contribution in [3.8, 4) is 11.5 Å². The molecule has 0 aromatic heterocycles. The van der Waals surface area contributed by atoms with E-state index in [0.717, 1.165) is 12.1 Å². The van der Waals surface area contributed by atoms with Gasteiger partial charge in [0.15, 0.2) is 0 Å². The highest BCUT2D eigenvalue weighted by molar-refractivity contribution is 6.30. The molecule has 0 radical (unpaired) electrons. The van der Waals surface area contributed by atoms with Crippen LogP contribution in [0.2, 0.25) is 5.02 Å². The third kappa shape index (κ3) is 4.37. The first-order chi connectivity index (χ1) is 12.8. The zero-order chi connectivity index (χ0) is 19.6. The molecule has 8 heteroatoms. The lowest BCUT2D eigenvalue weighted by Gasteiger charge is -2.20. The van der Waals surface area contributed by atoms with Gasteiger partial charge in [-0.1, -0.05) is 23.7 Å².